The van der Waals surface area contributed by atoms with Crippen molar-refractivity contribution in [2.45, 2.75) is 136 Å². The second-order valence-electron chi connectivity index (χ2n) is 8.18. The lowest BCUT2D eigenvalue weighted by molar-refractivity contribution is -0.145. The SMILES string of the molecule is CCCCCCCCCCCCCCCCCCOC(=O)CCCC(=O)OCC. The molecule has 0 heterocycles. The Hall–Kier alpha value is -1.06. The van der Waals surface area contributed by atoms with Gasteiger partial charge >= 0.3 is 11.9 Å². The topological polar surface area (TPSA) is 52.6 Å². The van der Waals surface area contributed by atoms with Gasteiger partial charge in [-0.25, -0.2) is 0 Å². The highest BCUT2D eigenvalue weighted by molar-refractivity contribution is 5.72. The van der Waals surface area contributed by atoms with Crippen molar-refractivity contribution in [1.82, 2.24) is 0 Å². The van der Waals surface area contributed by atoms with Gasteiger partial charge in [0.15, 0.2) is 0 Å². The maximum absolute atomic E-state index is 11.6. The fraction of sp³-hybridized carbons (Fsp3) is 0.920. The van der Waals surface area contributed by atoms with Gasteiger partial charge in [0.2, 0.25) is 0 Å². The largest absolute Gasteiger partial charge is 0.466 e. The van der Waals surface area contributed by atoms with Crippen LogP contribution >= 0.6 is 0 Å². The van der Waals surface area contributed by atoms with Crippen molar-refractivity contribution in [1.29, 1.82) is 0 Å². The summed E-state index contributed by atoms with van der Waals surface area (Å²) in [5, 5.41) is 0. The van der Waals surface area contributed by atoms with E-state index in [2.05, 4.69) is 6.92 Å². The second kappa shape index (κ2) is 23.2. The number of unbranched alkanes of at least 4 members (excludes halogenated alkanes) is 15. The molecule has 0 aliphatic carbocycles. The molecule has 29 heavy (non-hydrogen) atoms. The van der Waals surface area contributed by atoms with Crippen molar-refractivity contribution in [3.05, 3.63) is 0 Å². The van der Waals surface area contributed by atoms with Gasteiger partial charge < -0.3 is 9.47 Å². The predicted molar refractivity (Wildman–Crippen MR) is 121 cm³/mol. The molecule has 0 N–H and O–H groups in total. The van der Waals surface area contributed by atoms with E-state index in [4.69, 9.17) is 9.47 Å². The van der Waals surface area contributed by atoms with Crippen LogP contribution in [0.25, 0.3) is 0 Å². The number of esters is 2. The zero-order valence-corrected chi connectivity index (χ0v) is 19.5. The molecule has 0 saturated carbocycles. The van der Waals surface area contributed by atoms with Gasteiger partial charge in [0.1, 0.15) is 0 Å². The normalized spacial score (nSPS) is 10.8. The summed E-state index contributed by atoms with van der Waals surface area (Å²) in [6.07, 6.45) is 22.5. The van der Waals surface area contributed by atoms with Crippen LogP contribution in [0.2, 0.25) is 0 Å². The summed E-state index contributed by atoms with van der Waals surface area (Å²) in [5.41, 5.74) is 0. The minimum absolute atomic E-state index is 0.199. The van der Waals surface area contributed by atoms with E-state index in [0.717, 1.165) is 12.8 Å². The van der Waals surface area contributed by atoms with Crippen LogP contribution in [0.5, 0.6) is 0 Å². The second-order valence-corrected chi connectivity index (χ2v) is 8.18. The molecular weight excluding hydrogens is 364 g/mol. The third-order valence-electron chi connectivity index (χ3n) is 5.33. The predicted octanol–water partition coefficient (Wildman–Crippen LogP) is 7.52. The van der Waals surface area contributed by atoms with Gasteiger partial charge in [-0.3, -0.25) is 9.59 Å². The highest BCUT2D eigenvalue weighted by Crippen LogP contribution is 2.13. The molecule has 4 heteroatoms. The maximum atomic E-state index is 11.6. The maximum Gasteiger partial charge on any atom is 0.305 e. The first-order valence-corrected chi connectivity index (χ1v) is 12.5. The van der Waals surface area contributed by atoms with Gasteiger partial charge in [0, 0.05) is 12.8 Å². The smallest absolute Gasteiger partial charge is 0.305 e. The summed E-state index contributed by atoms with van der Waals surface area (Å²) in [4.78, 5) is 22.7. The molecule has 0 aliphatic heterocycles. The fourth-order valence-corrected chi connectivity index (χ4v) is 3.52. The highest BCUT2D eigenvalue weighted by Gasteiger charge is 2.06. The number of carbonyl (C=O) groups excluding carboxylic acids is 2. The van der Waals surface area contributed by atoms with Crippen LogP contribution in [-0.2, 0) is 19.1 Å². The third kappa shape index (κ3) is 23.1. The Bertz CT molecular complexity index is 368. The number of rotatable bonds is 22. The lowest BCUT2D eigenvalue weighted by atomic mass is 10.0. The Morgan fingerprint density at radius 2 is 0.862 bits per heavy atom. The van der Waals surface area contributed by atoms with Gasteiger partial charge in [-0.05, 0) is 19.8 Å². The summed E-state index contributed by atoms with van der Waals surface area (Å²) in [7, 11) is 0. The van der Waals surface area contributed by atoms with E-state index in [1.165, 1.54) is 89.9 Å². The molecule has 0 rings (SSSR count). The van der Waals surface area contributed by atoms with Gasteiger partial charge in [-0.1, -0.05) is 103 Å². The molecule has 0 fully saturated rings. The van der Waals surface area contributed by atoms with Crippen LogP contribution < -0.4 is 0 Å². The molecule has 0 radical (unpaired) electrons. The number of carbonyl (C=O) groups is 2. The van der Waals surface area contributed by atoms with Crippen LogP contribution in [0.4, 0.5) is 0 Å². The lowest BCUT2D eigenvalue weighted by Crippen LogP contribution is -2.08. The molecule has 0 amide bonds. The number of hydrogen-bond donors (Lipinski definition) is 0. The summed E-state index contributed by atoms with van der Waals surface area (Å²) in [6.45, 7) is 4.96. The van der Waals surface area contributed by atoms with Crippen LogP contribution in [0, 0.1) is 0 Å². The Morgan fingerprint density at radius 3 is 1.28 bits per heavy atom. The van der Waals surface area contributed by atoms with Gasteiger partial charge in [0.05, 0.1) is 13.2 Å². The van der Waals surface area contributed by atoms with Crippen molar-refractivity contribution in [3.8, 4) is 0 Å². The molecule has 0 bridgehead atoms. The summed E-state index contributed by atoms with van der Waals surface area (Å²) in [5.74, 6) is -0.437. The van der Waals surface area contributed by atoms with E-state index in [-0.39, 0.29) is 11.9 Å². The van der Waals surface area contributed by atoms with Crippen molar-refractivity contribution in [2.24, 2.45) is 0 Å². The molecule has 0 aromatic heterocycles. The van der Waals surface area contributed by atoms with Crippen molar-refractivity contribution in [3.63, 3.8) is 0 Å². The van der Waals surface area contributed by atoms with E-state index in [1.807, 2.05) is 0 Å². The molecule has 172 valence electrons. The van der Waals surface area contributed by atoms with Gasteiger partial charge in [0.25, 0.3) is 0 Å². The van der Waals surface area contributed by atoms with Crippen LogP contribution in [0.3, 0.4) is 0 Å². The van der Waals surface area contributed by atoms with Crippen molar-refractivity contribution in [2.75, 3.05) is 13.2 Å². The van der Waals surface area contributed by atoms with Crippen molar-refractivity contribution < 1.29 is 19.1 Å². The van der Waals surface area contributed by atoms with Gasteiger partial charge in [-0.15, -0.1) is 0 Å². The Labute approximate surface area is 180 Å². The summed E-state index contributed by atoms with van der Waals surface area (Å²) >= 11 is 0. The Balaban J connectivity index is 3.16. The zero-order chi connectivity index (χ0) is 21.4. The molecule has 0 aliphatic rings. The van der Waals surface area contributed by atoms with E-state index in [9.17, 15) is 9.59 Å². The molecular formula is C25H48O4. The fourth-order valence-electron chi connectivity index (χ4n) is 3.52. The number of ether oxygens (including phenoxy) is 2. The minimum atomic E-state index is -0.238. The van der Waals surface area contributed by atoms with Crippen LogP contribution in [-0.4, -0.2) is 25.2 Å². The van der Waals surface area contributed by atoms with Crippen molar-refractivity contribution >= 4 is 11.9 Å². The molecule has 0 atom stereocenters. The first-order chi connectivity index (χ1) is 14.2. The van der Waals surface area contributed by atoms with E-state index in [0.29, 0.717) is 32.5 Å². The summed E-state index contributed by atoms with van der Waals surface area (Å²) in [6, 6.07) is 0. The molecule has 0 saturated heterocycles. The standard InChI is InChI=1S/C25H48O4/c1-3-5-6-7-8-9-10-11-12-13-14-15-16-17-18-19-23-29-25(27)22-20-21-24(26)28-4-2/h3-23H2,1-2H3. The zero-order valence-electron chi connectivity index (χ0n) is 19.5. The first-order valence-electron chi connectivity index (χ1n) is 12.5. The van der Waals surface area contributed by atoms with E-state index in [1.54, 1.807) is 6.92 Å². The molecule has 0 spiro atoms. The van der Waals surface area contributed by atoms with E-state index < -0.39 is 0 Å². The monoisotopic (exact) mass is 412 g/mol. The Morgan fingerprint density at radius 1 is 0.483 bits per heavy atom. The number of hydrogen-bond acceptors (Lipinski definition) is 4. The lowest BCUT2D eigenvalue weighted by Gasteiger charge is -2.05. The molecule has 0 unspecified atom stereocenters. The summed E-state index contributed by atoms with van der Waals surface area (Å²) < 4.78 is 10.0. The van der Waals surface area contributed by atoms with Gasteiger partial charge in [-0.2, -0.15) is 0 Å². The van der Waals surface area contributed by atoms with E-state index >= 15 is 0 Å². The first kappa shape index (κ1) is 27.9. The average Bonchev–Trinajstić information content (AvgIpc) is 2.70. The Kier molecular flexibility index (Phi) is 22.4. The average molecular weight is 413 g/mol. The molecule has 0 aromatic rings. The minimum Gasteiger partial charge on any atom is -0.466 e. The highest BCUT2D eigenvalue weighted by atomic mass is 16.5. The quantitative estimate of drug-likeness (QED) is 0.136. The third-order valence-corrected chi connectivity index (χ3v) is 5.33. The molecule has 4 nitrogen and oxygen atoms in total. The van der Waals surface area contributed by atoms with Crippen LogP contribution in [0.15, 0.2) is 0 Å². The molecule has 0 aromatic carbocycles. The van der Waals surface area contributed by atoms with Crippen LogP contribution in [0.1, 0.15) is 136 Å².